The Kier molecular flexibility index (Phi) is 6.80. The SMILES string of the molecule is COC(=O)C(C)(C)OC(=O)CC[C@@H]1N=C(c2ccccc2)c2cc(Br)c(N)cc2-n2c(C)cnc21. The Morgan fingerprint density at radius 1 is 1.20 bits per heavy atom. The highest BCUT2D eigenvalue weighted by atomic mass is 79.9. The minimum Gasteiger partial charge on any atom is -0.466 e. The number of aliphatic imine (C=N–C) groups is 1. The molecule has 1 atom stereocenters. The van der Waals surface area contributed by atoms with Gasteiger partial charge in [-0.15, -0.1) is 0 Å². The van der Waals surface area contributed by atoms with Crippen LogP contribution in [0.25, 0.3) is 5.69 Å². The predicted octanol–water partition coefficient (Wildman–Crippen LogP) is 4.69. The van der Waals surface area contributed by atoms with Crippen molar-refractivity contribution in [3.8, 4) is 5.69 Å². The average molecular weight is 539 g/mol. The van der Waals surface area contributed by atoms with E-state index in [1.807, 2.05) is 54.0 Å². The van der Waals surface area contributed by atoms with E-state index in [1.165, 1.54) is 21.0 Å². The van der Waals surface area contributed by atoms with Crippen LogP contribution in [0.3, 0.4) is 0 Å². The van der Waals surface area contributed by atoms with Gasteiger partial charge < -0.3 is 15.2 Å². The van der Waals surface area contributed by atoms with Crippen LogP contribution in [0.15, 0.2) is 58.1 Å². The molecule has 2 N–H and O–H groups in total. The Morgan fingerprint density at radius 3 is 2.60 bits per heavy atom. The zero-order valence-electron chi connectivity index (χ0n) is 20.0. The summed E-state index contributed by atoms with van der Waals surface area (Å²) in [5.41, 5.74) is 9.90. The number of anilines is 1. The summed E-state index contributed by atoms with van der Waals surface area (Å²) in [4.78, 5) is 34.3. The molecule has 8 nitrogen and oxygen atoms in total. The maximum atomic E-state index is 12.7. The van der Waals surface area contributed by atoms with Crippen LogP contribution in [0.2, 0.25) is 0 Å². The lowest BCUT2D eigenvalue weighted by atomic mass is 9.99. The number of methoxy groups -OCH3 is 1. The second-order valence-corrected chi connectivity index (χ2v) is 9.71. The largest absolute Gasteiger partial charge is 0.466 e. The zero-order chi connectivity index (χ0) is 25.3. The van der Waals surface area contributed by atoms with Gasteiger partial charge in [0.15, 0.2) is 0 Å². The first-order chi connectivity index (χ1) is 16.6. The van der Waals surface area contributed by atoms with Crippen LogP contribution in [0.1, 0.15) is 55.4 Å². The lowest BCUT2D eigenvalue weighted by Gasteiger charge is -2.22. The van der Waals surface area contributed by atoms with Crippen molar-refractivity contribution in [2.45, 2.75) is 45.3 Å². The fourth-order valence-electron chi connectivity index (χ4n) is 4.14. The summed E-state index contributed by atoms with van der Waals surface area (Å²) in [7, 11) is 1.26. The van der Waals surface area contributed by atoms with Crippen LogP contribution in [0.5, 0.6) is 0 Å². The number of halogens is 1. The first-order valence-electron chi connectivity index (χ1n) is 11.2. The summed E-state index contributed by atoms with van der Waals surface area (Å²) in [5, 5.41) is 0. The molecule has 2 aromatic carbocycles. The van der Waals surface area contributed by atoms with Gasteiger partial charge in [0, 0.05) is 39.6 Å². The first kappa shape index (κ1) is 24.7. The van der Waals surface area contributed by atoms with Crippen molar-refractivity contribution in [3.05, 3.63) is 75.8 Å². The summed E-state index contributed by atoms with van der Waals surface area (Å²) >= 11 is 3.56. The second-order valence-electron chi connectivity index (χ2n) is 8.86. The third-order valence-electron chi connectivity index (χ3n) is 5.87. The number of aryl methyl sites for hydroxylation is 1. The van der Waals surface area contributed by atoms with Gasteiger partial charge in [-0.05, 0) is 55.3 Å². The van der Waals surface area contributed by atoms with Crippen molar-refractivity contribution < 1.29 is 19.1 Å². The first-order valence-corrected chi connectivity index (χ1v) is 12.0. The van der Waals surface area contributed by atoms with Crippen LogP contribution in [-0.4, -0.2) is 39.9 Å². The van der Waals surface area contributed by atoms with Crippen molar-refractivity contribution in [2.75, 3.05) is 12.8 Å². The average Bonchev–Trinajstić information content (AvgIpc) is 3.15. The Morgan fingerprint density at radius 2 is 1.91 bits per heavy atom. The van der Waals surface area contributed by atoms with Gasteiger partial charge in [-0.1, -0.05) is 30.3 Å². The maximum absolute atomic E-state index is 12.7. The lowest BCUT2D eigenvalue weighted by molar-refractivity contribution is -0.176. The van der Waals surface area contributed by atoms with Crippen LogP contribution >= 0.6 is 15.9 Å². The Balaban J connectivity index is 1.76. The molecule has 0 aliphatic carbocycles. The standard InChI is InChI=1S/C26H27BrN4O4/c1-15-14-29-24-20(10-11-22(32)35-26(2,3)25(33)34-4)30-23(16-8-6-5-7-9-16)17-12-18(27)19(28)13-21(17)31(15)24/h5-9,12-14,20H,10-11,28H2,1-4H3/t20-/m0/s1. The number of nitrogen functional groups attached to an aromatic ring is 1. The van der Waals surface area contributed by atoms with E-state index in [1.54, 1.807) is 6.20 Å². The van der Waals surface area contributed by atoms with E-state index in [0.717, 1.165) is 32.7 Å². The molecule has 4 rings (SSSR count). The molecule has 0 radical (unpaired) electrons. The zero-order valence-corrected chi connectivity index (χ0v) is 21.6. The number of benzene rings is 2. The molecule has 1 aliphatic heterocycles. The third kappa shape index (κ3) is 4.86. The quantitative estimate of drug-likeness (QED) is 0.360. The van der Waals surface area contributed by atoms with Gasteiger partial charge >= 0.3 is 11.9 Å². The maximum Gasteiger partial charge on any atom is 0.349 e. The van der Waals surface area contributed by atoms with E-state index in [2.05, 4.69) is 20.9 Å². The number of ether oxygens (including phenoxy) is 2. The topological polar surface area (TPSA) is 109 Å². The van der Waals surface area contributed by atoms with Crippen molar-refractivity contribution in [1.29, 1.82) is 0 Å². The van der Waals surface area contributed by atoms with Crippen LogP contribution in [-0.2, 0) is 19.1 Å². The van der Waals surface area contributed by atoms with Crippen LogP contribution in [0, 0.1) is 6.92 Å². The molecule has 0 fully saturated rings. The van der Waals surface area contributed by atoms with Gasteiger partial charge in [0.05, 0.1) is 18.5 Å². The molecule has 0 spiro atoms. The number of imidazole rings is 1. The van der Waals surface area contributed by atoms with Gasteiger partial charge in [-0.3, -0.25) is 14.4 Å². The summed E-state index contributed by atoms with van der Waals surface area (Å²) < 4.78 is 12.9. The molecule has 0 amide bonds. The number of carbonyl (C=O) groups excluding carboxylic acids is 2. The highest BCUT2D eigenvalue weighted by molar-refractivity contribution is 9.10. The smallest absolute Gasteiger partial charge is 0.349 e. The number of hydrogen-bond acceptors (Lipinski definition) is 7. The number of fused-ring (bicyclic) bond motifs is 3. The molecule has 0 bridgehead atoms. The summed E-state index contributed by atoms with van der Waals surface area (Å²) in [5.74, 6) is -0.425. The van der Waals surface area contributed by atoms with Crippen molar-refractivity contribution in [1.82, 2.24) is 9.55 Å². The van der Waals surface area contributed by atoms with Gasteiger partial charge in [-0.2, -0.15) is 0 Å². The van der Waals surface area contributed by atoms with Crippen LogP contribution in [0.4, 0.5) is 5.69 Å². The third-order valence-corrected chi connectivity index (χ3v) is 6.56. The normalized spacial score (nSPS) is 14.9. The Bertz CT molecular complexity index is 1310. The molecule has 3 aromatic rings. The summed E-state index contributed by atoms with van der Waals surface area (Å²) in [6.45, 7) is 4.97. The van der Waals surface area contributed by atoms with Crippen LogP contribution < -0.4 is 5.73 Å². The minimum absolute atomic E-state index is 0.0464. The molecular formula is C26H27BrN4O4. The number of esters is 2. The molecular weight excluding hydrogens is 512 g/mol. The van der Waals surface area contributed by atoms with E-state index >= 15 is 0 Å². The molecule has 0 unspecified atom stereocenters. The number of nitrogens with two attached hydrogens (primary N) is 1. The predicted molar refractivity (Wildman–Crippen MR) is 137 cm³/mol. The molecule has 1 aliphatic rings. The second kappa shape index (κ2) is 9.65. The monoisotopic (exact) mass is 538 g/mol. The number of nitrogens with zero attached hydrogens (tertiary/aromatic N) is 3. The van der Waals surface area contributed by atoms with E-state index in [0.29, 0.717) is 17.9 Å². The fraction of sp³-hybridized carbons (Fsp3) is 0.308. The number of carbonyl (C=O) groups is 2. The summed E-state index contributed by atoms with van der Waals surface area (Å²) in [6.07, 6.45) is 2.17. The lowest BCUT2D eigenvalue weighted by Crippen LogP contribution is -2.38. The van der Waals surface area contributed by atoms with Crippen molar-refractivity contribution in [3.63, 3.8) is 0 Å². The highest BCUT2D eigenvalue weighted by Gasteiger charge is 2.34. The highest BCUT2D eigenvalue weighted by Crippen LogP contribution is 2.37. The van der Waals surface area contributed by atoms with Gasteiger partial charge in [-0.25, -0.2) is 9.78 Å². The fourth-order valence-corrected chi connectivity index (χ4v) is 4.48. The molecule has 0 saturated heterocycles. The minimum atomic E-state index is -1.37. The molecule has 182 valence electrons. The number of aromatic nitrogens is 2. The summed E-state index contributed by atoms with van der Waals surface area (Å²) in [6, 6.07) is 13.3. The van der Waals surface area contributed by atoms with Crippen molar-refractivity contribution in [2.24, 2.45) is 4.99 Å². The van der Waals surface area contributed by atoms with Crippen molar-refractivity contribution >= 4 is 39.3 Å². The molecule has 35 heavy (non-hydrogen) atoms. The molecule has 0 saturated carbocycles. The van der Waals surface area contributed by atoms with Gasteiger partial charge in [0.25, 0.3) is 0 Å². The molecule has 9 heteroatoms. The molecule has 2 heterocycles. The van der Waals surface area contributed by atoms with E-state index in [-0.39, 0.29) is 6.42 Å². The van der Waals surface area contributed by atoms with E-state index < -0.39 is 23.6 Å². The van der Waals surface area contributed by atoms with Gasteiger partial charge in [0.2, 0.25) is 5.60 Å². The molecule has 1 aromatic heterocycles. The Labute approximate surface area is 212 Å². The van der Waals surface area contributed by atoms with E-state index in [4.69, 9.17) is 20.2 Å². The van der Waals surface area contributed by atoms with Gasteiger partial charge in [0.1, 0.15) is 11.9 Å². The Hall–Kier alpha value is -3.46. The number of rotatable bonds is 6. The van der Waals surface area contributed by atoms with E-state index in [9.17, 15) is 9.59 Å². The number of hydrogen-bond donors (Lipinski definition) is 1.